The Hall–Kier alpha value is -2.04. The van der Waals surface area contributed by atoms with Crippen molar-refractivity contribution in [2.75, 3.05) is 0 Å². The summed E-state index contributed by atoms with van der Waals surface area (Å²) in [6.45, 7) is 1.69. The van der Waals surface area contributed by atoms with Gasteiger partial charge in [0.25, 0.3) is 0 Å². The van der Waals surface area contributed by atoms with Gasteiger partial charge in [-0.3, -0.25) is 4.79 Å². The molecule has 0 radical (unpaired) electrons. The Kier molecular flexibility index (Phi) is 2.92. The molecule has 0 aliphatic heterocycles. The van der Waals surface area contributed by atoms with Crippen molar-refractivity contribution < 1.29 is 18.0 Å². The number of carbonyl (C=O) groups excluding carboxylic acids is 1. The van der Waals surface area contributed by atoms with Crippen molar-refractivity contribution in [3.63, 3.8) is 0 Å². The summed E-state index contributed by atoms with van der Waals surface area (Å²) in [5, 5.41) is 0. The Morgan fingerprint density at radius 3 is 2.60 bits per heavy atom. The number of nitrogens with zero attached hydrogens (tertiary/aromatic N) is 1. The van der Waals surface area contributed by atoms with Crippen LogP contribution in [-0.4, -0.2) is 10.4 Å². The Morgan fingerprint density at radius 2 is 1.85 bits per heavy atom. The maximum Gasteiger partial charge on any atom is 0.182 e. The van der Waals surface area contributed by atoms with Crippen molar-refractivity contribution in [1.82, 2.24) is 4.57 Å². The van der Waals surface area contributed by atoms with E-state index in [4.69, 9.17) is 0 Å². The van der Waals surface area contributed by atoms with Gasteiger partial charge in [0, 0.05) is 35.5 Å². The third-order valence-electron chi connectivity index (χ3n) is 3.62. The van der Waals surface area contributed by atoms with Crippen LogP contribution in [-0.2, 0) is 6.42 Å². The molecule has 0 fully saturated rings. The average molecular weight is 279 g/mol. The molecule has 3 rings (SSSR count). The lowest BCUT2D eigenvalue weighted by Gasteiger charge is -2.16. The predicted octanol–water partition coefficient (Wildman–Crippen LogP) is 3.72. The van der Waals surface area contributed by atoms with Crippen molar-refractivity contribution in [3.8, 4) is 5.69 Å². The predicted molar refractivity (Wildman–Crippen MR) is 67.6 cm³/mol. The number of benzene rings is 1. The van der Waals surface area contributed by atoms with Gasteiger partial charge in [-0.2, -0.15) is 0 Å². The fourth-order valence-electron chi connectivity index (χ4n) is 2.77. The molecule has 0 saturated carbocycles. The van der Waals surface area contributed by atoms with Gasteiger partial charge in [0.2, 0.25) is 0 Å². The molecule has 1 aliphatic rings. The standard InChI is InChI=1S/C15H12F3NO/c1-8-5-10-12(3-2-4-14(10)20)19(8)13-7-9(16)6-11(17)15(13)18/h5-7H,2-4H2,1H3. The summed E-state index contributed by atoms with van der Waals surface area (Å²) in [6.07, 6.45) is 1.71. The number of Topliss-reactive ketones (excluding diaryl/α,β-unsaturated/α-hetero) is 1. The number of aromatic nitrogens is 1. The fraction of sp³-hybridized carbons (Fsp3) is 0.267. The normalized spacial score (nSPS) is 14.5. The Morgan fingerprint density at radius 1 is 1.10 bits per heavy atom. The Labute approximate surface area is 113 Å². The summed E-state index contributed by atoms with van der Waals surface area (Å²) in [4.78, 5) is 11.8. The molecule has 0 spiro atoms. The minimum Gasteiger partial charge on any atom is -0.315 e. The van der Waals surface area contributed by atoms with E-state index in [9.17, 15) is 18.0 Å². The topological polar surface area (TPSA) is 22.0 Å². The number of halogens is 3. The molecule has 2 aromatic rings. The second kappa shape index (κ2) is 4.51. The van der Waals surface area contributed by atoms with E-state index in [1.807, 2.05) is 0 Å². The number of aryl methyl sites for hydroxylation is 1. The quantitative estimate of drug-likeness (QED) is 0.729. The molecule has 0 unspecified atom stereocenters. The third kappa shape index (κ3) is 1.85. The first-order valence-corrected chi connectivity index (χ1v) is 6.38. The summed E-state index contributed by atoms with van der Waals surface area (Å²) in [6, 6.07) is 3.11. The molecule has 0 N–H and O–H groups in total. The second-order valence-electron chi connectivity index (χ2n) is 4.98. The molecule has 0 atom stereocenters. The molecule has 1 aromatic carbocycles. The van der Waals surface area contributed by atoms with Gasteiger partial charge < -0.3 is 4.57 Å². The molecule has 0 amide bonds. The first-order valence-electron chi connectivity index (χ1n) is 6.38. The highest BCUT2D eigenvalue weighted by molar-refractivity contribution is 5.98. The van der Waals surface area contributed by atoms with Crippen LogP contribution in [0.4, 0.5) is 13.2 Å². The first kappa shape index (κ1) is 13.0. The molecular weight excluding hydrogens is 267 g/mol. The van der Waals surface area contributed by atoms with Crippen LogP contribution in [0.3, 0.4) is 0 Å². The lowest BCUT2D eigenvalue weighted by atomic mass is 9.96. The zero-order valence-corrected chi connectivity index (χ0v) is 10.8. The van der Waals surface area contributed by atoms with Crippen molar-refractivity contribution in [1.29, 1.82) is 0 Å². The maximum atomic E-state index is 13.9. The minimum absolute atomic E-state index is 0.00890. The van der Waals surface area contributed by atoms with Gasteiger partial charge in [0.1, 0.15) is 5.82 Å². The van der Waals surface area contributed by atoms with Crippen LogP contribution in [0, 0.1) is 24.4 Å². The van der Waals surface area contributed by atoms with Gasteiger partial charge in [0.15, 0.2) is 17.4 Å². The van der Waals surface area contributed by atoms with Crippen LogP contribution in [0.5, 0.6) is 0 Å². The van der Waals surface area contributed by atoms with E-state index in [1.54, 1.807) is 13.0 Å². The molecule has 1 aliphatic carbocycles. The van der Waals surface area contributed by atoms with Crippen LogP contribution >= 0.6 is 0 Å². The van der Waals surface area contributed by atoms with E-state index in [0.29, 0.717) is 42.3 Å². The third-order valence-corrected chi connectivity index (χ3v) is 3.62. The molecule has 0 bridgehead atoms. The summed E-state index contributed by atoms with van der Waals surface area (Å²) in [5.74, 6) is -3.19. The van der Waals surface area contributed by atoms with E-state index >= 15 is 0 Å². The molecule has 104 valence electrons. The van der Waals surface area contributed by atoms with E-state index in [1.165, 1.54) is 4.57 Å². The maximum absolute atomic E-state index is 13.9. The zero-order valence-electron chi connectivity index (χ0n) is 10.8. The average Bonchev–Trinajstić information content (AvgIpc) is 2.72. The molecule has 20 heavy (non-hydrogen) atoms. The number of rotatable bonds is 1. The smallest absolute Gasteiger partial charge is 0.182 e. The van der Waals surface area contributed by atoms with Gasteiger partial charge in [-0.1, -0.05) is 0 Å². The highest BCUT2D eigenvalue weighted by Crippen LogP contribution is 2.30. The van der Waals surface area contributed by atoms with Crippen molar-refractivity contribution in [2.24, 2.45) is 0 Å². The summed E-state index contributed by atoms with van der Waals surface area (Å²) < 4.78 is 42.1. The van der Waals surface area contributed by atoms with E-state index < -0.39 is 17.5 Å². The highest BCUT2D eigenvalue weighted by atomic mass is 19.2. The Bertz CT molecular complexity index is 718. The summed E-state index contributed by atoms with van der Waals surface area (Å²) in [7, 11) is 0. The zero-order chi connectivity index (χ0) is 14.4. The molecule has 2 nitrogen and oxygen atoms in total. The largest absolute Gasteiger partial charge is 0.315 e. The number of carbonyl (C=O) groups is 1. The van der Waals surface area contributed by atoms with E-state index in [2.05, 4.69) is 0 Å². The van der Waals surface area contributed by atoms with E-state index in [0.717, 1.165) is 6.07 Å². The minimum atomic E-state index is -1.23. The molecule has 5 heteroatoms. The fourth-order valence-corrected chi connectivity index (χ4v) is 2.77. The van der Waals surface area contributed by atoms with Crippen LogP contribution in [0.1, 0.15) is 34.6 Å². The summed E-state index contributed by atoms with van der Waals surface area (Å²) >= 11 is 0. The van der Waals surface area contributed by atoms with Gasteiger partial charge in [-0.15, -0.1) is 0 Å². The first-order chi connectivity index (χ1) is 9.49. The van der Waals surface area contributed by atoms with Gasteiger partial charge in [0.05, 0.1) is 5.69 Å². The Balaban J connectivity index is 2.28. The number of hydrogen-bond acceptors (Lipinski definition) is 1. The summed E-state index contributed by atoms with van der Waals surface area (Å²) in [5.41, 5.74) is 1.56. The molecular formula is C15H12F3NO. The number of fused-ring (bicyclic) bond motifs is 1. The monoisotopic (exact) mass is 279 g/mol. The SMILES string of the molecule is Cc1cc2c(n1-c1cc(F)cc(F)c1F)CCCC2=O. The number of hydrogen-bond donors (Lipinski definition) is 0. The molecule has 1 heterocycles. The van der Waals surface area contributed by atoms with Crippen LogP contribution < -0.4 is 0 Å². The van der Waals surface area contributed by atoms with E-state index in [-0.39, 0.29) is 11.5 Å². The van der Waals surface area contributed by atoms with Crippen LogP contribution in [0.15, 0.2) is 18.2 Å². The van der Waals surface area contributed by atoms with Gasteiger partial charge in [-0.05, 0) is 25.8 Å². The van der Waals surface area contributed by atoms with Crippen LogP contribution in [0.2, 0.25) is 0 Å². The lowest BCUT2D eigenvalue weighted by Crippen LogP contribution is -2.14. The van der Waals surface area contributed by atoms with Crippen molar-refractivity contribution >= 4 is 5.78 Å². The molecule has 0 saturated heterocycles. The van der Waals surface area contributed by atoms with Crippen LogP contribution in [0.25, 0.3) is 5.69 Å². The highest BCUT2D eigenvalue weighted by Gasteiger charge is 2.25. The lowest BCUT2D eigenvalue weighted by molar-refractivity contribution is 0.0972. The molecule has 1 aromatic heterocycles. The van der Waals surface area contributed by atoms with Gasteiger partial charge in [-0.25, -0.2) is 13.2 Å². The second-order valence-corrected chi connectivity index (χ2v) is 4.98. The van der Waals surface area contributed by atoms with Crippen molar-refractivity contribution in [2.45, 2.75) is 26.2 Å². The van der Waals surface area contributed by atoms with Crippen molar-refractivity contribution in [3.05, 3.63) is 52.6 Å². The van der Waals surface area contributed by atoms with Gasteiger partial charge >= 0.3 is 0 Å². The number of ketones is 1.